The van der Waals surface area contributed by atoms with E-state index in [1.807, 2.05) is 47.3 Å². The van der Waals surface area contributed by atoms with Crippen LogP contribution in [0.3, 0.4) is 0 Å². The number of carbonyl (C=O) groups is 1. The van der Waals surface area contributed by atoms with Crippen molar-refractivity contribution >= 4 is 35.0 Å². The van der Waals surface area contributed by atoms with Gasteiger partial charge in [0.15, 0.2) is 11.5 Å². The summed E-state index contributed by atoms with van der Waals surface area (Å²) < 4.78 is 1.98. The summed E-state index contributed by atoms with van der Waals surface area (Å²) in [6.45, 7) is 2.58. The molecule has 0 radical (unpaired) electrons. The van der Waals surface area contributed by atoms with Crippen LogP contribution < -0.4 is 15.5 Å². The lowest BCUT2D eigenvalue weighted by Crippen LogP contribution is -2.47. The number of hydrogen-bond donors (Lipinski definition) is 2. The summed E-state index contributed by atoms with van der Waals surface area (Å²) in [6.07, 6.45) is 7.60. The molecule has 2 aliphatic rings. The van der Waals surface area contributed by atoms with E-state index in [-0.39, 0.29) is 5.91 Å². The van der Waals surface area contributed by atoms with Gasteiger partial charge in [-0.1, -0.05) is 12.1 Å². The van der Waals surface area contributed by atoms with Crippen molar-refractivity contribution in [1.29, 1.82) is 0 Å². The highest BCUT2D eigenvalue weighted by molar-refractivity contribution is 5.86. The van der Waals surface area contributed by atoms with Crippen LogP contribution in [0.25, 0.3) is 16.9 Å². The molecule has 0 bridgehead atoms. The first-order chi connectivity index (χ1) is 15.7. The smallest absolute Gasteiger partial charge is 0.239 e. The van der Waals surface area contributed by atoms with Gasteiger partial charge in [-0.25, -0.2) is 9.97 Å². The summed E-state index contributed by atoms with van der Waals surface area (Å²) in [5.41, 5.74) is 6.99. The molecule has 2 N–H and O–H groups in total. The van der Waals surface area contributed by atoms with Gasteiger partial charge in [0, 0.05) is 54.8 Å². The van der Waals surface area contributed by atoms with Gasteiger partial charge in [-0.3, -0.25) is 9.79 Å². The lowest BCUT2D eigenvalue weighted by atomic mass is 10.0. The van der Waals surface area contributed by atoms with Crippen LogP contribution in [0.1, 0.15) is 11.1 Å². The zero-order valence-corrected chi connectivity index (χ0v) is 17.3. The molecule has 32 heavy (non-hydrogen) atoms. The highest BCUT2D eigenvalue weighted by atomic mass is 16.2. The van der Waals surface area contributed by atoms with Crippen LogP contribution in [-0.2, 0) is 11.3 Å². The predicted molar refractivity (Wildman–Crippen MR) is 125 cm³/mol. The standard InChI is InChI=1S/C24H21N7O/c32-22-15-30(9-7-26-22)20-5-3-19(4-6-20)28-23-24-27-8-10-31(24)14-21(29-23)16-1-2-17-12-25-13-18(17)11-16/h1-6,8,10-12,14H,7,9,13,15H2,(H,26,32)(H,28,29). The third-order valence-electron chi connectivity index (χ3n) is 5.84. The van der Waals surface area contributed by atoms with Crippen molar-refractivity contribution in [1.82, 2.24) is 19.7 Å². The summed E-state index contributed by atoms with van der Waals surface area (Å²) in [5.74, 6) is 0.744. The number of aliphatic imine (C=N–C) groups is 1. The van der Waals surface area contributed by atoms with Gasteiger partial charge in [-0.2, -0.15) is 0 Å². The van der Waals surface area contributed by atoms with Crippen molar-refractivity contribution < 1.29 is 4.79 Å². The lowest BCUT2D eigenvalue weighted by molar-refractivity contribution is -0.120. The first-order valence-electron chi connectivity index (χ1n) is 10.6. The molecule has 8 nitrogen and oxygen atoms in total. The van der Waals surface area contributed by atoms with Gasteiger partial charge in [-0.05, 0) is 41.5 Å². The fourth-order valence-electron chi connectivity index (χ4n) is 4.18. The molecule has 4 aromatic rings. The largest absolute Gasteiger partial charge is 0.360 e. The number of imidazole rings is 1. The van der Waals surface area contributed by atoms with E-state index in [0.717, 1.165) is 34.8 Å². The van der Waals surface area contributed by atoms with E-state index in [1.165, 1.54) is 11.1 Å². The minimum Gasteiger partial charge on any atom is -0.360 e. The van der Waals surface area contributed by atoms with Crippen LogP contribution in [-0.4, -0.2) is 46.1 Å². The van der Waals surface area contributed by atoms with Gasteiger partial charge in [0.2, 0.25) is 5.91 Å². The Morgan fingerprint density at radius 1 is 1.09 bits per heavy atom. The fraction of sp³-hybridized carbons (Fsp3) is 0.167. The van der Waals surface area contributed by atoms with Gasteiger partial charge < -0.3 is 19.9 Å². The number of carbonyl (C=O) groups excluding carboxylic acids is 1. The normalized spacial score (nSPS) is 15.1. The SMILES string of the molecule is O=C1CN(c2ccc(Nc3nc(-c4ccc5c(c4)CN=C5)cn4ccnc34)cc2)CCN1. The summed E-state index contributed by atoms with van der Waals surface area (Å²) in [4.78, 5) is 27.5. The number of amides is 1. The molecule has 2 aliphatic heterocycles. The van der Waals surface area contributed by atoms with E-state index in [9.17, 15) is 4.79 Å². The third-order valence-corrected chi connectivity index (χ3v) is 5.84. The Kier molecular flexibility index (Phi) is 4.34. The van der Waals surface area contributed by atoms with Crippen LogP contribution in [0.2, 0.25) is 0 Å². The first kappa shape index (κ1) is 18.6. The Labute approximate surface area is 184 Å². The molecule has 8 heteroatoms. The number of nitrogens with zero attached hydrogens (tertiary/aromatic N) is 5. The zero-order valence-electron chi connectivity index (χ0n) is 17.3. The van der Waals surface area contributed by atoms with E-state index in [1.54, 1.807) is 6.20 Å². The maximum atomic E-state index is 11.7. The second-order valence-electron chi connectivity index (χ2n) is 7.96. The highest BCUT2D eigenvalue weighted by Crippen LogP contribution is 2.28. The van der Waals surface area contributed by atoms with Gasteiger partial charge in [0.1, 0.15) is 0 Å². The molecule has 0 unspecified atom stereocenters. The summed E-state index contributed by atoms with van der Waals surface area (Å²) in [5, 5.41) is 6.27. The summed E-state index contributed by atoms with van der Waals surface area (Å²) >= 11 is 0. The van der Waals surface area contributed by atoms with Crippen molar-refractivity contribution in [2.24, 2.45) is 4.99 Å². The number of piperazine rings is 1. The molecule has 2 aromatic carbocycles. The molecule has 1 amide bonds. The Balaban J connectivity index is 1.31. The number of nitrogens with one attached hydrogen (secondary N) is 2. The Morgan fingerprint density at radius 3 is 2.88 bits per heavy atom. The van der Waals surface area contributed by atoms with Crippen molar-refractivity contribution in [3.63, 3.8) is 0 Å². The topological polar surface area (TPSA) is 86.9 Å². The third kappa shape index (κ3) is 3.35. The van der Waals surface area contributed by atoms with E-state index >= 15 is 0 Å². The second kappa shape index (κ2) is 7.49. The van der Waals surface area contributed by atoms with Crippen LogP contribution in [0, 0.1) is 0 Å². The first-order valence-corrected chi connectivity index (χ1v) is 10.6. The highest BCUT2D eigenvalue weighted by Gasteiger charge is 2.17. The Bertz CT molecular complexity index is 1360. The fourth-order valence-corrected chi connectivity index (χ4v) is 4.18. The predicted octanol–water partition coefficient (Wildman–Crippen LogP) is 3.01. The Morgan fingerprint density at radius 2 is 2.00 bits per heavy atom. The molecule has 1 fully saturated rings. The Hall–Kier alpha value is -4.20. The van der Waals surface area contributed by atoms with Crippen LogP contribution in [0.5, 0.6) is 0 Å². The number of rotatable bonds is 4. The van der Waals surface area contributed by atoms with E-state index in [2.05, 4.69) is 43.7 Å². The maximum absolute atomic E-state index is 11.7. The number of anilines is 3. The molecular weight excluding hydrogens is 402 g/mol. The molecular formula is C24H21N7O. The van der Waals surface area contributed by atoms with Crippen molar-refractivity contribution in [3.05, 3.63) is 72.2 Å². The number of aromatic nitrogens is 3. The zero-order chi connectivity index (χ0) is 21.5. The minimum absolute atomic E-state index is 0.0549. The van der Waals surface area contributed by atoms with Gasteiger partial charge in [0.05, 0.1) is 18.8 Å². The van der Waals surface area contributed by atoms with E-state index in [4.69, 9.17) is 4.98 Å². The van der Waals surface area contributed by atoms with E-state index < -0.39 is 0 Å². The molecule has 0 spiro atoms. The van der Waals surface area contributed by atoms with Crippen LogP contribution in [0.4, 0.5) is 17.2 Å². The second-order valence-corrected chi connectivity index (χ2v) is 7.96. The molecule has 0 saturated carbocycles. The molecule has 6 rings (SSSR count). The summed E-state index contributed by atoms with van der Waals surface area (Å²) in [6, 6.07) is 14.4. The molecule has 0 aliphatic carbocycles. The monoisotopic (exact) mass is 423 g/mol. The molecule has 1 saturated heterocycles. The van der Waals surface area contributed by atoms with Crippen molar-refractivity contribution in [3.8, 4) is 11.3 Å². The average Bonchev–Trinajstić information content (AvgIpc) is 3.48. The molecule has 2 aromatic heterocycles. The van der Waals surface area contributed by atoms with Crippen LogP contribution in [0.15, 0.2) is 66.0 Å². The molecule has 0 atom stereocenters. The minimum atomic E-state index is 0.0549. The van der Waals surface area contributed by atoms with Crippen molar-refractivity contribution in [2.75, 3.05) is 29.9 Å². The quantitative estimate of drug-likeness (QED) is 0.527. The van der Waals surface area contributed by atoms with Gasteiger partial charge in [-0.15, -0.1) is 0 Å². The maximum Gasteiger partial charge on any atom is 0.239 e. The van der Waals surface area contributed by atoms with Crippen molar-refractivity contribution in [2.45, 2.75) is 6.54 Å². The number of fused-ring (bicyclic) bond motifs is 2. The van der Waals surface area contributed by atoms with Gasteiger partial charge >= 0.3 is 0 Å². The van der Waals surface area contributed by atoms with Crippen LogP contribution >= 0.6 is 0 Å². The number of hydrogen-bond acceptors (Lipinski definition) is 6. The molecule has 4 heterocycles. The van der Waals surface area contributed by atoms with E-state index in [0.29, 0.717) is 25.5 Å². The molecule has 158 valence electrons. The number of benzene rings is 2. The lowest BCUT2D eigenvalue weighted by Gasteiger charge is -2.28. The summed E-state index contributed by atoms with van der Waals surface area (Å²) in [7, 11) is 0. The van der Waals surface area contributed by atoms with Gasteiger partial charge in [0.25, 0.3) is 0 Å². The average molecular weight is 423 g/mol.